The molecule has 3 saturated heterocycles. The fourth-order valence-electron chi connectivity index (χ4n) is 4.81. The Morgan fingerprint density at radius 3 is 3.20 bits per heavy atom. The standard InChI is InChI=1S/C18H21N3O4/c22-8-12-13-7-21(10-18(13)9-19-6-16(12)24-18)17(23)5-14-11-3-1-2-4-15(11)25-20-14/h1-4,12-13,16,19,22H,5-10H2/t12-,13+,16+,18+/m0/s1. The monoisotopic (exact) mass is 343 g/mol. The van der Waals surface area contributed by atoms with Crippen LogP contribution in [-0.2, 0) is 16.0 Å². The molecule has 0 saturated carbocycles. The third kappa shape index (κ3) is 2.23. The lowest BCUT2D eigenvalue weighted by Crippen LogP contribution is -2.52. The number of morpholine rings is 1. The molecule has 0 radical (unpaired) electrons. The maximum atomic E-state index is 12.8. The molecule has 3 fully saturated rings. The predicted molar refractivity (Wildman–Crippen MR) is 88.8 cm³/mol. The van der Waals surface area contributed by atoms with Crippen molar-refractivity contribution in [2.45, 2.75) is 18.1 Å². The fourth-order valence-corrected chi connectivity index (χ4v) is 4.81. The van der Waals surface area contributed by atoms with Crippen molar-refractivity contribution in [1.29, 1.82) is 0 Å². The highest BCUT2D eigenvalue weighted by Crippen LogP contribution is 2.47. The number of likely N-dealkylation sites (tertiary alicyclic amines) is 1. The molecule has 25 heavy (non-hydrogen) atoms. The van der Waals surface area contributed by atoms with Crippen molar-refractivity contribution in [3.8, 4) is 0 Å². The summed E-state index contributed by atoms with van der Waals surface area (Å²) < 4.78 is 11.5. The molecule has 2 aromatic rings. The Kier molecular flexibility index (Phi) is 3.38. The molecule has 7 nitrogen and oxygen atoms in total. The number of aromatic nitrogens is 1. The van der Waals surface area contributed by atoms with Crippen LogP contribution >= 0.6 is 0 Å². The summed E-state index contributed by atoms with van der Waals surface area (Å²) in [5, 5.41) is 18.1. The van der Waals surface area contributed by atoms with E-state index in [2.05, 4.69) is 10.5 Å². The van der Waals surface area contributed by atoms with Crippen LogP contribution < -0.4 is 5.32 Å². The minimum atomic E-state index is -0.349. The first-order valence-corrected chi connectivity index (χ1v) is 8.81. The third-order valence-electron chi connectivity index (χ3n) is 6.04. The van der Waals surface area contributed by atoms with Gasteiger partial charge >= 0.3 is 0 Å². The number of nitrogens with one attached hydrogen (secondary N) is 1. The van der Waals surface area contributed by atoms with Gasteiger partial charge in [-0.25, -0.2) is 0 Å². The molecule has 1 amide bonds. The highest BCUT2D eigenvalue weighted by atomic mass is 16.5. The summed E-state index contributed by atoms with van der Waals surface area (Å²) >= 11 is 0. The van der Waals surface area contributed by atoms with E-state index in [-0.39, 0.29) is 42.5 Å². The molecule has 2 bridgehead atoms. The van der Waals surface area contributed by atoms with Gasteiger partial charge < -0.3 is 24.6 Å². The molecule has 2 N–H and O–H groups in total. The van der Waals surface area contributed by atoms with Gasteiger partial charge in [0.2, 0.25) is 5.91 Å². The van der Waals surface area contributed by atoms with E-state index in [1.54, 1.807) is 0 Å². The van der Waals surface area contributed by atoms with E-state index >= 15 is 0 Å². The van der Waals surface area contributed by atoms with Gasteiger partial charge in [-0.05, 0) is 12.1 Å². The van der Waals surface area contributed by atoms with Crippen molar-refractivity contribution in [1.82, 2.24) is 15.4 Å². The van der Waals surface area contributed by atoms with Crippen molar-refractivity contribution in [2.75, 3.05) is 32.8 Å². The predicted octanol–water partition coefficient (Wildman–Crippen LogP) is 0.178. The van der Waals surface area contributed by atoms with E-state index < -0.39 is 0 Å². The molecule has 4 atom stereocenters. The Morgan fingerprint density at radius 1 is 1.44 bits per heavy atom. The summed E-state index contributed by atoms with van der Waals surface area (Å²) in [7, 11) is 0. The zero-order chi connectivity index (χ0) is 17.0. The number of carbonyl (C=O) groups excluding carboxylic acids is 1. The van der Waals surface area contributed by atoms with Crippen LogP contribution in [0.15, 0.2) is 28.8 Å². The largest absolute Gasteiger partial charge is 0.396 e. The van der Waals surface area contributed by atoms with E-state index in [9.17, 15) is 9.90 Å². The number of nitrogens with zero attached hydrogens (tertiary/aromatic N) is 2. The van der Waals surface area contributed by atoms with Crippen LogP contribution in [0.5, 0.6) is 0 Å². The number of aliphatic hydroxyl groups excluding tert-OH is 1. The molecule has 0 aliphatic carbocycles. The van der Waals surface area contributed by atoms with Crippen molar-refractivity contribution < 1.29 is 19.2 Å². The van der Waals surface area contributed by atoms with E-state index in [1.165, 1.54) is 0 Å². The zero-order valence-electron chi connectivity index (χ0n) is 13.9. The van der Waals surface area contributed by atoms with Gasteiger partial charge in [-0.15, -0.1) is 0 Å². The number of amides is 1. The number of rotatable bonds is 3. The first-order chi connectivity index (χ1) is 12.2. The first-order valence-electron chi connectivity index (χ1n) is 8.81. The van der Waals surface area contributed by atoms with E-state index in [4.69, 9.17) is 9.26 Å². The number of benzene rings is 1. The lowest BCUT2D eigenvalue weighted by atomic mass is 9.83. The van der Waals surface area contributed by atoms with Gasteiger partial charge in [-0.3, -0.25) is 4.79 Å². The lowest BCUT2D eigenvalue weighted by molar-refractivity contribution is -0.133. The molecule has 1 spiro atoms. The van der Waals surface area contributed by atoms with Crippen LogP contribution in [0, 0.1) is 11.8 Å². The molecule has 5 rings (SSSR count). The van der Waals surface area contributed by atoms with Crippen molar-refractivity contribution >= 4 is 16.9 Å². The average Bonchev–Trinajstić information content (AvgIpc) is 3.24. The second kappa shape index (κ2) is 5.52. The van der Waals surface area contributed by atoms with E-state index in [0.29, 0.717) is 24.4 Å². The van der Waals surface area contributed by atoms with Crippen LogP contribution in [0.3, 0.4) is 0 Å². The smallest absolute Gasteiger partial charge is 0.228 e. The summed E-state index contributed by atoms with van der Waals surface area (Å²) in [6, 6.07) is 7.58. The Balaban J connectivity index is 1.36. The Bertz CT molecular complexity index is 822. The van der Waals surface area contributed by atoms with Gasteiger partial charge in [-0.1, -0.05) is 17.3 Å². The molecule has 1 aromatic heterocycles. The summed E-state index contributed by atoms with van der Waals surface area (Å²) in [5.74, 6) is 0.321. The maximum absolute atomic E-state index is 12.8. The minimum Gasteiger partial charge on any atom is -0.396 e. The van der Waals surface area contributed by atoms with Crippen LogP contribution in [0.4, 0.5) is 0 Å². The number of para-hydroxylation sites is 1. The van der Waals surface area contributed by atoms with Gasteiger partial charge in [0.1, 0.15) is 11.3 Å². The molecule has 3 aliphatic heterocycles. The summed E-state index contributed by atoms with van der Waals surface area (Å²) in [6.07, 6.45) is 0.279. The average molecular weight is 343 g/mol. The van der Waals surface area contributed by atoms with E-state index in [1.807, 2.05) is 29.2 Å². The Hall–Kier alpha value is -1.96. The zero-order valence-corrected chi connectivity index (χ0v) is 13.9. The molecule has 7 heteroatoms. The third-order valence-corrected chi connectivity index (χ3v) is 6.04. The highest BCUT2D eigenvalue weighted by Gasteiger charge is 2.61. The van der Waals surface area contributed by atoms with Gasteiger partial charge in [0, 0.05) is 43.5 Å². The quantitative estimate of drug-likeness (QED) is 0.827. The SMILES string of the molecule is O=C(Cc1noc2ccccc12)N1C[C@@H]2[C@H](CO)[C@H]3CNC[C@]2(C1)O3. The summed E-state index contributed by atoms with van der Waals surface area (Å²) in [6.45, 7) is 2.84. The summed E-state index contributed by atoms with van der Waals surface area (Å²) in [5.41, 5.74) is 1.03. The summed E-state index contributed by atoms with van der Waals surface area (Å²) in [4.78, 5) is 14.7. The van der Waals surface area contributed by atoms with Crippen molar-refractivity contribution in [2.24, 2.45) is 11.8 Å². The lowest BCUT2D eigenvalue weighted by Gasteiger charge is -2.33. The number of fused-ring (bicyclic) bond motifs is 2. The molecule has 0 unspecified atom stereocenters. The Morgan fingerprint density at radius 2 is 2.32 bits per heavy atom. The number of aliphatic hydroxyl groups is 1. The number of hydrogen-bond donors (Lipinski definition) is 2. The number of carbonyl (C=O) groups is 1. The molecule has 3 aliphatic rings. The maximum Gasteiger partial charge on any atom is 0.228 e. The van der Waals surface area contributed by atoms with Crippen LogP contribution in [-0.4, -0.2) is 65.6 Å². The molecule has 4 heterocycles. The second-order valence-electron chi connectivity index (χ2n) is 7.38. The topological polar surface area (TPSA) is 87.8 Å². The molecular formula is C18H21N3O4. The second-order valence-corrected chi connectivity index (χ2v) is 7.38. The Labute approximate surface area is 144 Å². The minimum absolute atomic E-state index is 0.0326. The van der Waals surface area contributed by atoms with E-state index in [0.717, 1.165) is 18.5 Å². The number of hydrogen-bond acceptors (Lipinski definition) is 6. The normalized spacial score (nSPS) is 33.8. The van der Waals surface area contributed by atoms with Gasteiger partial charge in [-0.2, -0.15) is 0 Å². The first kappa shape index (κ1) is 15.3. The van der Waals surface area contributed by atoms with Crippen LogP contribution in [0.2, 0.25) is 0 Å². The van der Waals surface area contributed by atoms with Gasteiger partial charge in [0.15, 0.2) is 5.58 Å². The van der Waals surface area contributed by atoms with Crippen molar-refractivity contribution in [3.63, 3.8) is 0 Å². The number of ether oxygens (including phenoxy) is 1. The molecule has 1 aromatic carbocycles. The fraction of sp³-hybridized carbons (Fsp3) is 0.556. The van der Waals surface area contributed by atoms with Crippen LogP contribution in [0.1, 0.15) is 5.69 Å². The molecular weight excluding hydrogens is 322 g/mol. The van der Waals surface area contributed by atoms with Crippen molar-refractivity contribution in [3.05, 3.63) is 30.0 Å². The van der Waals surface area contributed by atoms with Crippen LogP contribution in [0.25, 0.3) is 11.0 Å². The highest BCUT2D eigenvalue weighted by molar-refractivity contribution is 5.86. The molecule has 132 valence electrons. The van der Waals surface area contributed by atoms with Gasteiger partial charge in [0.25, 0.3) is 0 Å². The van der Waals surface area contributed by atoms with Gasteiger partial charge in [0.05, 0.1) is 19.1 Å².